The van der Waals surface area contributed by atoms with Gasteiger partial charge in [0.2, 0.25) is 15.9 Å². The zero-order valence-corrected chi connectivity index (χ0v) is 17.6. The van der Waals surface area contributed by atoms with Gasteiger partial charge in [-0.3, -0.25) is 9.48 Å². The standard InChI is InChI=1S/C21H24N4O4S/c1-16(26)24-20-7-3-18(4-8-20)19-5-9-21(10-6-19)30(27,28)23-14-17-13-22-25(15-17)11-12-29-2/h3-10,13,15,23H,11-12,14H2,1-2H3,(H,24,26). The third kappa shape index (κ3) is 5.76. The molecule has 3 rings (SSSR count). The number of nitrogens with zero attached hydrogens (tertiary/aromatic N) is 2. The second-order valence-electron chi connectivity index (χ2n) is 6.71. The van der Waals surface area contributed by atoms with Gasteiger partial charge in [0, 0.05) is 38.0 Å². The number of carbonyl (C=O) groups excluding carboxylic acids is 1. The van der Waals surface area contributed by atoms with Gasteiger partial charge in [0.25, 0.3) is 0 Å². The minimum absolute atomic E-state index is 0.132. The molecule has 0 saturated heterocycles. The predicted octanol–water partition coefficient (Wildman–Crippen LogP) is 2.63. The van der Waals surface area contributed by atoms with Gasteiger partial charge in [0.05, 0.1) is 24.2 Å². The molecule has 158 valence electrons. The first-order valence-electron chi connectivity index (χ1n) is 9.35. The first-order valence-corrected chi connectivity index (χ1v) is 10.8. The van der Waals surface area contributed by atoms with Gasteiger partial charge in [-0.15, -0.1) is 0 Å². The lowest BCUT2D eigenvalue weighted by Gasteiger charge is -2.08. The van der Waals surface area contributed by atoms with E-state index in [-0.39, 0.29) is 17.3 Å². The molecule has 1 amide bonds. The molecule has 0 bridgehead atoms. The Kier molecular flexibility index (Phi) is 6.99. The number of aromatic nitrogens is 2. The average Bonchev–Trinajstić information content (AvgIpc) is 3.19. The fraction of sp³-hybridized carbons (Fsp3) is 0.238. The van der Waals surface area contributed by atoms with Crippen LogP contribution in [0.4, 0.5) is 5.69 Å². The zero-order valence-electron chi connectivity index (χ0n) is 16.8. The molecule has 0 aliphatic rings. The molecule has 0 aliphatic heterocycles. The summed E-state index contributed by atoms with van der Waals surface area (Å²) in [6, 6.07) is 14.0. The summed E-state index contributed by atoms with van der Waals surface area (Å²) >= 11 is 0. The van der Waals surface area contributed by atoms with Crippen molar-refractivity contribution < 1.29 is 17.9 Å². The van der Waals surface area contributed by atoms with Crippen LogP contribution in [-0.2, 0) is 32.6 Å². The molecule has 0 saturated carbocycles. The van der Waals surface area contributed by atoms with E-state index in [4.69, 9.17) is 4.74 Å². The molecule has 0 aliphatic carbocycles. The van der Waals surface area contributed by atoms with Crippen LogP contribution in [0.15, 0.2) is 65.8 Å². The third-order valence-electron chi connectivity index (χ3n) is 4.38. The highest BCUT2D eigenvalue weighted by molar-refractivity contribution is 7.89. The summed E-state index contributed by atoms with van der Waals surface area (Å²) in [6.45, 7) is 2.75. The second kappa shape index (κ2) is 9.66. The van der Waals surface area contributed by atoms with Gasteiger partial charge in [0.1, 0.15) is 0 Å². The predicted molar refractivity (Wildman–Crippen MR) is 114 cm³/mol. The fourth-order valence-corrected chi connectivity index (χ4v) is 3.86. The van der Waals surface area contributed by atoms with E-state index < -0.39 is 10.0 Å². The molecule has 0 unspecified atom stereocenters. The molecule has 1 heterocycles. The molecule has 2 N–H and O–H groups in total. The van der Waals surface area contributed by atoms with Crippen LogP contribution in [0.1, 0.15) is 12.5 Å². The summed E-state index contributed by atoms with van der Waals surface area (Å²) in [7, 11) is -2.03. The lowest BCUT2D eigenvalue weighted by atomic mass is 10.1. The number of ether oxygens (including phenoxy) is 1. The van der Waals surface area contributed by atoms with Gasteiger partial charge in [-0.25, -0.2) is 13.1 Å². The van der Waals surface area contributed by atoms with Gasteiger partial charge in [0.15, 0.2) is 0 Å². The molecule has 3 aromatic rings. The van der Waals surface area contributed by atoms with Gasteiger partial charge >= 0.3 is 0 Å². The van der Waals surface area contributed by atoms with Crippen LogP contribution >= 0.6 is 0 Å². The Hall–Kier alpha value is -3.01. The Morgan fingerprint density at radius 3 is 2.30 bits per heavy atom. The van der Waals surface area contributed by atoms with Crippen molar-refractivity contribution in [3.8, 4) is 11.1 Å². The first kappa shape index (κ1) is 21.7. The SMILES string of the molecule is COCCn1cc(CNS(=O)(=O)c2ccc(-c3ccc(NC(C)=O)cc3)cc2)cn1. The highest BCUT2D eigenvalue weighted by Crippen LogP contribution is 2.23. The number of hydrogen-bond acceptors (Lipinski definition) is 5. The summed E-state index contributed by atoms with van der Waals surface area (Å²) in [5.41, 5.74) is 3.28. The number of sulfonamides is 1. The minimum Gasteiger partial charge on any atom is -0.383 e. The summed E-state index contributed by atoms with van der Waals surface area (Å²) in [5, 5.41) is 6.89. The van der Waals surface area contributed by atoms with Crippen LogP contribution in [0.5, 0.6) is 0 Å². The van der Waals surface area contributed by atoms with Gasteiger partial charge < -0.3 is 10.1 Å². The van der Waals surface area contributed by atoms with Crippen molar-refractivity contribution >= 4 is 21.6 Å². The molecular formula is C21H24N4O4S. The maximum absolute atomic E-state index is 12.6. The fourth-order valence-electron chi connectivity index (χ4n) is 2.84. The van der Waals surface area contributed by atoms with Crippen LogP contribution in [0.3, 0.4) is 0 Å². The summed E-state index contributed by atoms with van der Waals surface area (Å²) in [5.74, 6) is -0.132. The Morgan fingerprint density at radius 1 is 1.07 bits per heavy atom. The van der Waals surface area contributed by atoms with Gasteiger partial charge in [-0.1, -0.05) is 24.3 Å². The Bertz CT molecular complexity index is 1090. The number of amides is 1. The number of benzene rings is 2. The van der Waals surface area contributed by atoms with Crippen molar-refractivity contribution in [2.45, 2.75) is 24.9 Å². The van der Waals surface area contributed by atoms with E-state index in [0.717, 1.165) is 16.7 Å². The third-order valence-corrected chi connectivity index (χ3v) is 5.80. The molecule has 1 aromatic heterocycles. The maximum atomic E-state index is 12.6. The monoisotopic (exact) mass is 428 g/mol. The molecule has 0 spiro atoms. The molecule has 0 fully saturated rings. The topological polar surface area (TPSA) is 102 Å². The van der Waals surface area contributed by atoms with Crippen molar-refractivity contribution in [2.24, 2.45) is 0 Å². The van der Waals surface area contributed by atoms with Crippen LogP contribution in [0.25, 0.3) is 11.1 Å². The highest BCUT2D eigenvalue weighted by atomic mass is 32.2. The Labute approximate surface area is 175 Å². The normalized spacial score (nSPS) is 11.4. The lowest BCUT2D eigenvalue weighted by molar-refractivity contribution is -0.114. The molecule has 0 radical (unpaired) electrons. The van der Waals surface area contributed by atoms with E-state index in [1.807, 2.05) is 12.1 Å². The zero-order chi connectivity index (χ0) is 21.6. The number of nitrogens with one attached hydrogen (secondary N) is 2. The summed E-state index contributed by atoms with van der Waals surface area (Å²) in [6.07, 6.45) is 3.42. The second-order valence-corrected chi connectivity index (χ2v) is 8.48. The quantitative estimate of drug-likeness (QED) is 0.545. The van der Waals surface area contributed by atoms with Crippen LogP contribution in [-0.4, -0.2) is 37.8 Å². The molecule has 0 atom stereocenters. The van der Waals surface area contributed by atoms with E-state index in [9.17, 15) is 13.2 Å². The number of methoxy groups -OCH3 is 1. The van der Waals surface area contributed by atoms with Crippen molar-refractivity contribution in [1.82, 2.24) is 14.5 Å². The minimum atomic E-state index is -3.64. The molecule has 8 nitrogen and oxygen atoms in total. The van der Waals surface area contributed by atoms with Gasteiger partial charge in [-0.05, 0) is 35.4 Å². The molecular weight excluding hydrogens is 404 g/mol. The molecule has 30 heavy (non-hydrogen) atoms. The van der Waals surface area contributed by atoms with E-state index in [1.165, 1.54) is 6.92 Å². The van der Waals surface area contributed by atoms with E-state index in [2.05, 4.69) is 15.1 Å². The van der Waals surface area contributed by atoms with Crippen molar-refractivity contribution in [3.63, 3.8) is 0 Å². The smallest absolute Gasteiger partial charge is 0.240 e. The number of anilines is 1. The largest absolute Gasteiger partial charge is 0.383 e. The van der Waals surface area contributed by atoms with Crippen molar-refractivity contribution in [1.29, 1.82) is 0 Å². The Balaban J connectivity index is 1.64. The number of hydrogen-bond donors (Lipinski definition) is 2. The van der Waals surface area contributed by atoms with E-state index in [1.54, 1.807) is 60.6 Å². The number of rotatable bonds is 9. The average molecular weight is 429 g/mol. The molecule has 2 aromatic carbocycles. The summed E-state index contributed by atoms with van der Waals surface area (Å²) in [4.78, 5) is 11.3. The first-order chi connectivity index (χ1) is 14.4. The highest BCUT2D eigenvalue weighted by Gasteiger charge is 2.14. The van der Waals surface area contributed by atoms with Crippen molar-refractivity contribution in [2.75, 3.05) is 19.0 Å². The van der Waals surface area contributed by atoms with Gasteiger partial charge in [-0.2, -0.15) is 5.10 Å². The lowest BCUT2D eigenvalue weighted by Crippen LogP contribution is -2.23. The van der Waals surface area contributed by atoms with E-state index >= 15 is 0 Å². The maximum Gasteiger partial charge on any atom is 0.240 e. The number of carbonyl (C=O) groups is 1. The van der Waals surface area contributed by atoms with Crippen molar-refractivity contribution in [3.05, 3.63) is 66.5 Å². The molecule has 9 heteroatoms. The van der Waals surface area contributed by atoms with Crippen LogP contribution < -0.4 is 10.0 Å². The summed E-state index contributed by atoms with van der Waals surface area (Å²) < 4.78 is 34.5. The van der Waals surface area contributed by atoms with Crippen LogP contribution in [0, 0.1) is 0 Å². The Morgan fingerprint density at radius 2 is 1.70 bits per heavy atom. The van der Waals surface area contributed by atoms with Crippen LogP contribution in [0.2, 0.25) is 0 Å². The van der Waals surface area contributed by atoms with E-state index in [0.29, 0.717) is 18.8 Å².